The molecule has 0 unspecified atom stereocenters. The molecule has 88 valence electrons. The highest BCUT2D eigenvalue weighted by Crippen LogP contribution is 2.15. The van der Waals surface area contributed by atoms with Crippen molar-refractivity contribution in [2.24, 2.45) is 5.73 Å². The largest absolute Gasteiger partial charge is 0.383 e. The van der Waals surface area contributed by atoms with E-state index in [4.69, 9.17) is 11.5 Å². The number of hydrogen-bond donors (Lipinski definition) is 2. The summed E-state index contributed by atoms with van der Waals surface area (Å²) >= 11 is 3.36. The second-order valence-electron chi connectivity index (χ2n) is 3.59. The van der Waals surface area contributed by atoms with Gasteiger partial charge in [0.2, 0.25) is 0 Å². The van der Waals surface area contributed by atoms with Crippen molar-refractivity contribution < 1.29 is 4.79 Å². The van der Waals surface area contributed by atoms with Gasteiger partial charge in [-0.1, -0.05) is 28.1 Å². The highest BCUT2D eigenvalue weighted by Gasteiger charge is 2.11. The van der Waals surface area contributed by atoms with E-state index in [2.05, 4.69) is 21.0 Å². The summed E-state index contributed by atoms with van der Waals surface area (Å²) in [6, 6.07) is 7.78. The summed E-state index contributed by atoms with van der Waals surface area (Å²) < 4.78 is 2.55. The summed E-state index contributed by atoms with van der Waals surface area (Å²) in [7, 11) is 0. The van der Waals surface area contributed by atoms with Gasteiger partial charge < -0.3 is 11.5 Å². The van der Waals surface area contributed by atoms with E-state index in [1.165, 1.54) is 6.20 Å². The number of primary amides is 1. The first-order valence-electron chi connectivity index (χ1n) is 4.93. The zero-order valence-corrected chi connectivity index (χ0v) is 10.5. The van der Waals surface area contributed by atoms with Gasteiger partial charge in [-0.2, -0.15) is 5.10 Å². The van der Waals surface area contributed by atoms with Gasteiger partial charge in [-0.25, -0.2) is 4.68 Å². The smallest absolute Gasteiger partial charge is 0.254 e. The fraction of sp³-hybridized carbons (Fsp3) is 0.0909. The molecule has 1 heterocycles. The highest BCUT2D eigenvalue weighted by atomic mass is 79.9. The van der Waals surface area contributed by atoms with E-state index in [-0.39, 0.29) is 5.56 Å². The number of hydrogen-bond acceptors (Lipinski definition) is 3. The number of nitrogens with zero attached hydrogens (tertiary/aromatic N) is 2. The lowest BCUT2D eigenvalue weighted by Crippen LogP contribution is -2.14. The van der Waals surface area contributed by atoms with Gasteiger partial charge in [0.05, 0.1) is 12.7 Å². The van der Waals surface area contributed by atoms with Crippen LogP contribution in [0.4, 0.5) is 5.82 Å². The Morgan fingerprint density at radius 2 is 2.00 bits per heavy atom. The Bertz CT molecular complexity index is 547. The summed E-state index contributed by atoms with van der Waals surface area (Å²) in [5.41, 5.74) is 12.2. The Labute approximate surface area is 107 Å². The van der Waals surface area contributed by atoms with Gasteiger partial charge in [0.15, 0.2) is 0 Å². The third-order valence-electron chi connectivity index (χ3n) is 2.39. The van der Waals surface area contributed by atoms with Crippen LogP contribution in [0.2, 0.25) is 0 Å². The Balaban J connectivity index is 2.24. The van der Waals surface area contributed by atoms with Crippen LogP contribution >= 0.6 is 15.9 Å². The standard InChI is InChI=1S/C11H11BrN4O/c12-8-3-1-7(2-4-8)6-16-10(13)9(5-15-16)11(14)17/h1-5H,6,13H2,(H2,14,17). The van der Waals surface area contributed by atoms with Crippen LogP contribution in [0.25, 0.3) is 0 Å². The molecule has 0 aliphatic heterocycles. The molecule has 6 heteroatoms. The average Bonchev–Trinajstić information content (AvgIpc) is 2.64. The van der Waals surface area contributed by atoms with E-state index in [1.54, 1.807) is 4.68 Å². The van der Waals surface area contributed by atoms with Crippen LogP contribution < -0.4 is 11.5 Å². The molecule has 0 aliphatic rings. The number of halogens is 1. The van der Waals surface area contributed by atoms with Crippen molar-refractivity contribution in [3.8, 4) is 0 Å². The van der Waals surface area contributed by atoms with E-state index < -0.39 is 5.91 Å². The predicted molar refractivity (Wildman–Crippen MR) is 68.4 cm³/mol. The Kier molecular flexibility index (Phi) is 3.14. The average molecular weight is 295 g/mol. The fourth-order valence-corrected chi connectivity index (χ4v) is 1.74. The maximum atomic E-state index is 11.0. The highest BCUT2D eigenvalue weighted by molar-refractivity contribution is 9.10. The molecule has 0 spiro atoms. The summed E-state index contributed by atoms with van der Waals surface area (Å²) in [6.07, 6.45) is 1.39. The van der Waals surface area contributed by atoms with E-state index in [9.17, 15) is 4.79 Å². The molecular formula is C11H11BrN4O. The molecular weight excluding hydrogens is 284 g/mol. The molecule has 0 bridgehead atoms. The lowest BCUT2D eigenvalue weighted by Gasteiger charge is -2.04. The van der Waals surface area contributed by atoms with Crippen LogP contribution in [0.5, 0.6) is 0 Å². The van der Waals surface area contributed by atoms with Crippen LogP contribution in [0.3, 0.4) is 0 Å². The molecule has 1 aromatic carbocycles. The van der Waals surface area contributed by atoms with Gasteiger partial charge in [-0.05, 0) is 17.7 Å². The van der Waals surface area contributed by atoms with Crippen molar-refractivity contribution >= 4 is 27.7 Å². The van der Waals surface area contributed by atoms with E-state index in [0.29, 0.717) is 12.4 Å². The van der Waals surface area contributed by atoms with Crippen molar-refractivity contribution in [3.63, 3.8) is 0 Å². The molecule has 1 amide bonds. The quantitative estimate of drug-likeness (QED) is 0.896. The number of nitrogens with two attached hydrogens (primary N) is 2. The third-order valence-corrected chi connectivity index (χ3v) is 2.92. The molecule has 0 saturated heterocycles. The van der Waals surface area contributed by atoms with Crippen molar-refractivity contribution in [1.29, 1.82) is 0 Å². The number of carbonyl (C=O) groups is 1. The number of amides is 1. The minimum absolute atomic E-state index is 0.252. The molecule has 0 saturated carbocycles. The number of anilines is 1. The summed E-state index contributed by atoms with van der Waals surface area (Å²) in [4.78, 5) is 11.0. The van der Waals surface area contributed by atoms with E-state index >= 15 is 0 Å². The van der Waals surface area contributed by atoms with Gasteiger partial charge in [-0.15, -0.1) is 0 Å². The number of nitrogen functional groups attached to an aromatic ring is 1. The second kappa shape index (κ2) is 4.58. The van der Waals surface area contributed by atoms with Crippen LogP contribution in [0.15, 0.2) is 34.9 Å². The monoisotopic (exact) mass is 294 g/mol. The SMILES string of the molecule is NC(=O)c1cnn(Cc2ccc(Br)cc2)c1N. The third kappa shape index (κ3) is 2.47. The molecule has 1 aromatic heterocycles. The van der Waals surface area contributed by atoms with E-state index in [0.717, 1.165) is 10.0 Å². The van der Waals surface area contributed by atoms with Crippen LogP contribution in [-0.2, 0) is 6.54 Å². The molecule has 0 fully saturated rings. The van der Waals surface area contributed by atoms with Crippen molar-refractivity contribution in [3.05, 3.63) is 46.1 Å². The predicted octanol–water partition coefficient (Wildman–Crippen LogP) is 1.37. The molecule has 5 nitrogen and oxygen atoms in total. The first-order valence-corrected chi connectivity index (χ1v) is 5.73. The van der Waals surface area contributed by atoms with E-state index in [1.807, 2.05) is 24.3 Å². The maximum absolute atomic E-state index is 11.0. The fourth-order valence-electron chi connectivity index (χ4n) is 1.47. The molecule has 0 atom stereocenters. The van der Waals surface area contributed by atoms with Gasteiger partial charge >= 0.3 is 0 Å². The van der Waals surface area contributed by atoms with Gasteiger partial charge in [0.1, 0.15) is 11.4 Å². The van der Waals surface area contributed by atoms with Crippen molar-refractivity contribution in [2.75, 3.05) is 5.73 Å². The number of carbonyl (C=O) groups excluding carboxylic acids is 1. The zero-order valence-electron chi connectivity index (χ0n) is 8.93. The summed E-state index contributed by atoms with van der Waals surface area (Å²) in [6.45, 7) is 0.506. The number of rotatable bonds is 3. The maximum Gasteiger partial charge on any atom is 0.254 e. The Hall–Kier alpha value is -1.82. The molecule has 0 radical (unpaired) electrons. The van der Waals surface area contributed by atoms with Crippen LogP contribution in [0, 0.1) is 0 Å². The summed E-state index contributed by atoms with van der Waals surface area (Å²) in [5, 5.41) is 4.03. The molecule has 2 rings (SSSR count). The van der Waals surface area contributed by atoms with Crippen LogP contribution in [-0.4, -0.2) is 15.7 Å². The normalized spacial score (nSPS) is 10.4. The topological polar surface area (TPSA) is 86.9 Å². The van der Waals surface area contributed by atoms with Crippen molar-refractivity contribution in [2.45, 2.75) is 6.54 Å². The van der Waals surface area contributed by atoms with Gasteiger partial charge in [0, 0.05) is 4.47 Å². The minimum Gasteiger partial charge on any atom is -0.383 e. The molecule has 4 N–H and O–H groups in total. The first kappa shape index (κ1) is 11.7. The molecule has 2 aromatic rings. The Morgan fingerprint density at radius 3 is 2.53 bits per heavy atom. The lowest BCUT2D eigenvalue weighted by molar-refractivity contribution is 0.100. The lowest BCUT2D eigenvalue weighted by atomic mass is 10.2. The summed E-state index contributed by atoms with van der Waals surface area (Å²) in [5.74, 6) is -0.273. The number of aromatic nitrogens is 2. The minimum atomic E-state index is -0.565. The zero-order chi connectivity index (χ0) is 12.4. The molecule has 17 heavy (non-hydrogen) atoms. The first-order chi connectivity index (χ1) is 8.08. The van der Waals surface area contributed by atoms with Gasteiger partial charge in [-0.3, -0.25) is 4.79 Å². The van der Waals surface area contributed by atoms with Crippen molar-refractivity contribution in [1.82, 2.24) is 9.78 Å². The second-order valence-corrected chi connectivity index (χ2v) is 4.51. The molecule has 0 aliphatic carbocycles. The Morgan fingerprint density at radius 1 is 1.35 bits per heavy atom. The van der Waals surface area contributed by atoms with Gasteiger partial charge in [0.25, 0.3) is 5.91 Å². The number of benzene rings is 1. The van der Waals surface area contributed by atoms with Crippen LogP contribution in [0.1, 0.15) is 15.9 Å².